The third-order valence-electron chi connectivity index (χ3n) is 4.39. The third kappa shape index (κ3) is 2.30. The number of rotatable bonds is 2. The first-order chi connectivity index (χ1) is 12.1. The van der Waals surface area contributed by atoms with Gasteiger partial charge in [-0.2, -0.15) is 0 Å². The minimum Gasteiger partial charge on any atom is -0.478 e. The van der Waals surface area contributed by atoms with E-state index in [4.69, 9.17) is 12.2 Å². The van der Waals surface area contributed by atoms with Crippen molar-refractivity contribution in [3.8, 4) is 11.1 Å². The molecule has 3 nitrogen and oxygen atoms in total. The molecule has 0 fully saturated rings. The number of carboxylic acid groups (broad SMARTS) is 1. The number of carbonyl (C=O) groups is 2. The lowest BCUT2D eigenvalue weighted by molar-refractivity contribution is 0.0697. The molecule has 0 radical (unpaired) electrons. The first-order valence-electron chi connectivity index (χ1n) is 7.73. The topological polar surface area (TPSA) is 54.4 Å². The molecular formula is C21H12O3S. The van der Waals surface area contributed by atoms with E-state index in [-0.39, 0.29) is 11.3 Å². The van der Waals surface area contributed by atoms with Gasteiger partial charge < -0.3 is 5.11 Å². The van der Waals surface area contributed by atoms with E-state index in [1.165, 1.54) is 6.07 Å². The van der Waals surface area contributed by atoms with Gasteiger partial charge >= 0.3 is 5.97 Å². The third-order valence-corrected chi connectivity index (χ3v) is 4.81. The van der Waals surface area contributed by atoms with Gasteiger partial charge in [0.1, 0.15) is 0 Å². The highest BCUT2D eigenvalue weighted by Crippen LogP contribution is 2.37. The van der Waals surface area contributed by atoms with Crippen LogP contribution in [0.25, 0.3) is 11.1 Å². The van der Waals surface area contributed by atoms with Gasteiger partial charge in [0.25, 0.3) is 0 Å². The van der Waals surface area contributed by atoms with Crippen molar-refractivity contribution >= 4 is 28.8 Å². The van der Waals surface area contributed by atoms with Gasteiger partial charge in [0.15, 0.2) is 5.78 Å². The van der Waals surface area contributed by atoms with Crippen molar-refractivity contribution in [3.05, 3.63) is 94.5 Å². The second-order valence-corrected chi connectivity index (χ2v) is 6.19. The molecule has 25 heavy (non-hydrogen) atoms. The Kier molecular flexibility index (Phi) is 3.55. The molecule has 3 aromatic carbocycles. The fourth-order valence-corrected chi connectivity index (χ4v) is 3.66. The highest BCUT2D eigenvalue weighted by Gasteiger charge is 2.31. The van der Waals surface area contributed by atoms with E-state index in [0.29, 0.717) is 32.7 Å². The first-order valence-corrected chi connectivity index (χ1v) is 8.14. The van der Waals surface area contributed by atoms with Gasteiger partial charge in [0.2, 0.25) is 0 Å². The summed E-state index contributed by atoms with van der Waals surface area (Å²) in [5.74, 6) is -1.18. The zero-order chi connectivity index (χ0) is 17.6. The molecule has 1 aliphatic rings. The van der Waals surface area contributed by atoms with Crippen LogP contribution in [0.1, 0.15) is 37.4 Å². The summed E-state index contributed by atoms with van der Waals surface area (Å²) >= 11 is 5.66. The summed E-state index contributed by atoms with van der Waals surface area (Å²) in [6, 6.07) is 19.4. The Balaban J connectivity index is 2.10. The number of hydrogen-bond donors (Lipinski definition) is 1. The SMILES string of the molecule is O=C1c2ccccc2C(=S)c2c1ccc(C(=O)O)c2-c1ccccc1. The van der Waals surface area contributed by atoms with E-state index >= 15 is 0 Å². The van der Waals surface area contributed by atoms with E-state index in [2.05, 4.69) is 0 Å². The molecule has 3 aromatic rings. The summed E-state index contributed by atoms with van der Waals surface area (Å²) in [6.07, 6.45) is 0. The zero-order valence-corrected chi connectivity index (χ0v) is 13.8. The zero-order valence-electron chi connectivity index (χ0n) is 13.0. The van der Waals surface area contributed by atoms with Gasteiger partial charge in [-0.05, 0) is 17.7 Å². The van der Waals surface area contributed by atoms with Crippen molar-refractivity contribution in [1.82, 2.24) is 0 Å². The Bertz CT molecular complexity index is 1050. The lowest BCUT2D eigenvalue weighted by Crippen LogP contribution is -2.22. The van der Waals surface area contributed by atoms with E-state index in [9.17, 15) is 14.7 Å². The van der Waals surface area contributed by atoms with Gasteiger partial charge in [-0.25, -0.2) is 4.79 Å². The first kappa shape index (κ1) is 15.4. The van der Waals surface area contributed by atoms with Gasteiger partial charge in [-0.1, -0.05) is 66.8 Å². The quantitative estimate of drug-likeness (QED) is 0.549. The average Bonchev–Trinajstić information content (AvgIpc) is 2.65. The molecule has 0 unspecified atom stereocenters. The number of hydrogen-bond acceptors (Lipinski definition) is 3. The molecule has 0 aliphatic heterocycles. The number of aromatic carboxylic acids is 1. The Morgan fingerprint density at radius 3 is 2.08 bits per heavy atom. The van der Waals surface area contributed by atoms with Crippen LogP contribution < -0.4 is 0 Å². The van der Waals surface area contributed by atoms with E-state index in [0.717, 1.165) is 5.56 Å². The van der Waals surface area contributed by atoms with Crippen molar-refractivity contribution in [1.29, 1.82) is 0 Å². The molecule has 0 heterocycles. The molecule has 120 valence electrons. The second-order valence-electron chi connectivity index (χ2n) is 5.79. The number of ketones is 1. The van der Waals surface area contributed by atoms with Crippen LogP contribution in [0, 0.1) is 0 Å². The molecule has 0 aromatic heterocycles. The number of benzene rings is 3. The van der Waals surface area contributed by atoms with Gasteiger partial charge in [-0.3, -0.25) is 4.79 Å². The van der Waals surface area contributed by atoms with Crippen molar-refractivity contribution in [2.45, 2.75) is 0 Å². The average molecular weight is 344 g/mol. The van der Waals surface area contributed by atoms with Crippen LogP contribution in [-0.2, 0) is 0 Å². The molecule has 1 N–H and O–H groups in total. The molecule has 1 aliphatic carbocycles. The van der Waals surface area contributed by atoms with Crippen molar-refractivity contribution in [2.75, 3.05) is 0 Å². The minimum atomic E-state index is -1.05. The summed E-state index contributed by atoms with van der Waals surface area (Å²) in [5.41, 5.74) is 3.58. The van der Waals surface area contributed by atoms with Crippen LogP contribution in [0.5, 0.6) is 0 Å². The van der Waals surface area contributed by atoms with Crippen LogP contribution in [0.3, 0.4) is 0 Å². The Morgan fingerprint density at radius 1 is 0.760 bits per heavy atom. The normalized spacial score (nSPS) is 12.5. The lowest BCUT2D eigenvalue weighted by Gasteiger charge is -2.23. The number of thiocarbonyl (C=S) groups is 1. The molecular weight excluding hydrogens is 332 g/mol. The van der Waals surface area contributed by atoms with Crippen molar-refractivity contribution in [3.63, 3.8) is 0 Å². The fourth-order valence-electron chi connectivity index (χ4n) is 3.27. The van der Waals surface area contributed by atoms with Gasteiger partial charge in [0, 0.05) is 27.8 Å². The van der Waals surface area contributed by atoms with E-state index in [1.54, 1.807) is 24.3 Å². The summed E-state index contributed by atoms with van der Waals surface area (Å²) < 4.78 is 0. The Labute approximate surface area is 149 Å². The highest BCUT2D eigenvalue weighted by atomic mass is 32.1. The largest absolute Gasteiger partial charge is 0.478 e. The predicted octanol–water partition coefficient (Wildman–Crippen LogP) is 4.36. The fraction of sp³-hybridized carbons (Fsp3) is 0. The molecule has 0 atom stereocenters. The molecule has 0 saturated carbocycles. The summed E-state index contributed by atoms with van der Waals surface area (Å²) in [4.78, 5) is 25.2. The lowest BCUT2D eigenvalue weighted by atomic mass is 9.79. The summed E-state index contributed by atoms with van der Waals surface area (Å²) in [5, 5.41) is 9.65. The van der Waals surface area contributed by atoms with Crippen LogP contribution in [0.15, 0.2) is 66.7 Å². The molecule has 0 saturated heterocycles. The van der Waals surface area contributed by atoms with Crippen LogP contribution in [0.4, 0.5) is 0 Å². The number of carbonyl (C=O) groups excluding carboxylic acids is 1. The molecule has 4 rings (SSSR count). The number of carboxylic acids is 1. The molecule has 0 amide bonds. The second kappa shape index (κ2) is 5.76. The Morgan fingerprint density at radius 2 is 1.40 bits per heavy atom. The van der Waals surface area contributed by atoms with Crippen LogP contribution in [0.2, 0.25) is 0 Å². The van der Waals surface area contributed by atoms with Crippen molar-refractivity contribution in [2.24, 2.45) is 0 Å². The summed E-state index contributed by atoms with van der Waals surface area (Å²) in [6.45, 7) is 0. The Hall–Kier alpha value is -3.11. The minimum absolute atomic E-state index is 0.131. The standard InChI is InChI=1S/C21H12O3S/c22-19-13-8-4-5-9-14(13)20(25)18-15(19)10-11-16(21(23)24)17(18)12-6-2-1-3-7-12/h1-11H,(H,23,24). The van der Waals surface area contributed by atoms with E-state index in [1.807, 2.05) is 36.4 Å². The van der Waals surface area contributed by atoms with E-state index < -0.39 is 5.97 Å². The predicted molar refractivity (Wildman–Crippen MR) is 99.5 cm³/mol. The highest BCUT2D eigenvalue weighted by molar-refractivity contribution is 7.81. The molecule has 0 spiro atoms. The molecule has 0 bridgehead atoms. The monoisotopic (exact) mass is 344 g/mol. The van der Waals surface area contributed by atoms with Gasteiger partial charge in [-0.15, -0.1) is 0 Å². The molecule has 4 heteroatoms. The summed E-state index contributed by atoms with van der Waals surface area (Å²) in [7, 11) is 0. The number of fused-ring (bicyclic) bond motifs is 2. The smallest absolute Gasteiger partial charge is 0.336 e. The maximum absolute atomic E-state index is 12.9. The van der Waals surface area contributed by atoms with Crippen LogP contribution >= 0.6 is 12.2 Å². The maximum Gasteiger partial charge on any atom is 0.336 e. The maximum atomic E-state index is 12.9. The van der Waals surface area contributed by atoms with Crippen LogP contribution in [-0.4, -0.2) is 21.7 Å². The van der Waals surface area contributed by atoms with Gasteiger partial charge in [0.05, 0.1) is 10.4 Å². The van der Waals surface area contributed by atoms with Crippen molar-refractivity contribution < 1.29 is 14.7 Å².